The van der Waals surface area contributed by atoms with Gasteiger partial charge in [-0.25, -0.2) is 0 Å². The van der Waals surface area contributed by atoms with E-state index in [0.717, 1.165) is 41.7 Å². The lowest BCUT2D eigenvalue weighted by Crippen LogP contribution is -2.11. The van der Waals surface area contributed by atoms with Crippen molar-refractivity contribution in [2.24, 2.45) is 5.92 Å². The van der Waals surface area contributed by atoms with Gasteiger partial charge in [0.05, 0.1) is 12.5 Å². The van der Waals surface area contributed by atoms with Gasteiger partial charge in [0.2, 0.25) is 0 Å². The summed E-state index contributed by atoms with van der Waals surface area (Å²) in [6.45, 7) is 4.59. The van der Waals surface area contributed by atoms with E-state index in [-0.39, 0.29) is 5.92 Å². The van der Waals surface area contributed by atoms with Crippen molar-refractivity contribution in [3.63, 3.8) is 0 Å². The zero-order chi connectivity index (χ0) is 14.5. The van der Waals surface area contributed by atoms with E-state index >= 15 is 0 Å². The number of carbonyl (C=O) groups is 1. The fourth-order valence-electron chi connectivity index (χ4n) is 2.18. The molecular weight excluding hydrogens is 254 g/mol. The van der Waals surface area contributed by atoms with E-state index in [9.17, 15) is 4.79 Å². The third kappa shape index (κ3) is 3.32. The number of fused-ring (bicyclic) bond motifs is 1. The highest BCUT2D eigenvalue weighted by Gasteiger charge is 2.14. The standard InChI is InChI=1S/C16H21NO3/c1-3-4-7-20-13-5-6-14-12(8-11(2)16(18)19)10-17-15(14)9-13/h5-6,9-11,17H,3-4,7-8H2,1-2H3,(H,18,19)/t11-/m0/s1. The Morgan fingerprint density at radius 2 is 2.25 bits per heavy atom. The Hall–Kier alpha value is -1.97. The average Bonchev–Trinajstić information content (AvgIpc) is 2.81. The monoisotopic (exact) mass is 275 g/mol. The number of nitrogens with one attached hydrogen (secondary N) is 1. The topological polar surface area (TPSA) is 62.3 Å². The van der Waals surface area contributed by atoms with Gasteiger partial charge >= 0.3 is 5.97 Å². The molecule has 0 fully saturated rings. The summed E-state index contributed by atoms with van der Waals surface area (Å²) in [6.07, 6.45) is 4.58. The van der Waals surface area contributed by atoms with E-state index < -0.39 is 5.97 Å². The molecule has 0 saturated heterocycles. The number of unbranched alkanes of at least 4 members (excludes halogenated alkanes) is 1. The molecule has 0 unspecified atom stereocenters. The van der Waals surface area contributed by atoms with Crippen molar-refractivity contribution in [2.45, 2.75) is 33.1 Å². The molecule has 0 saturated carbocycles. The molecule has 1 atom stereocenters. The molecule has 2 rings (SSSR count). The summed E-state index contributed by atoms with van der Waals surface area (Å²) in [6, 6.07) is 5.91. The second-order valence-corrected chi connectivity index (χ2v) is 5.17. The molecule has 0 radical (unpaired) electrons. The third-order valence-corrected chi connectivity index (χ3v) is 3.45. The van der Waals surface area contributed by atoms with Gasteiger partial charge in [-0.05, 0) is 30.5 Å². The minimum Gasteiger partial charge on any atom is -0.494 e. The van der Waals surface area contributed by atoms with E-state index in [1.165, 1.54) is 0 Å². The van der Waals surface area contributed by atoms with Crippen molar-refractivity contribution in [2.75, 3.05) is 6.61 Å². The van der Waals surface area contributed by atoms with Gasteiger partial charge in [-0.15, -0.1) is 0 Å². The molecule has 0 spiro atoms. The van der Waals surface area contributed by atoms with Gasteiger partial charge in [0.25, 0.3) is 0 Å². The normalized spacial score (nSPS) is 12.5. The molecule has 1 heterocycles. The highest BCUT2D eigenvalue weighted by molar-refractivity contribution is 5.85. The van der Waals surface area contributed by atoms with Crippen molar-refractivity contribution >= 4 is 16.9 Å². The first kappa shape index (κ1) is 14.4. The fraction of sp³-hybridized carbons (Fsp3) is 0.438. The maximum absolute atomic E-state index is 10.9. The van der Waals surface area contributed by atoms with Crippen molar-refractivity contribution < 1.29 is 14.6 Å². The zero-order valence-corrected chi connectivity index (χ0v) is 12.0. The fourth-order valence-corrected chi connectivity index (χ4v) is 2.18. The van der Waals surface area contributed by atoms with Crippen LogP contribution in [0.1, 0.15) is 32.3 Å². The quantitative estimate of drug-likeness (QED) is 0.759. The minimum absolute atomic E-state index is 0.380. The first-order valence-electron chi connectivity index (χ1n) is 7.07. The van der Waals surface area contributed by atoms with Crippen LogP contribution in [0.3, 0.4) is 0 Å². The molecule has 20 heavy (non-hydrogen) atoms. The van der Waals surface area contributed by atoms with E-state index in [1.807, 2.05) is 24.4 Å². The van der Waals surface area contributed by atoms with Crippen molar-refractivity contribution in [3.05, 3.63) is 30.0 Å². The number of carboxylic acid groups (broad SMARTS) is 1. The summed E-state index contributed by atoms with van der Waals surface area (Å²) in [7, 11) is 0. The molecule has 0 aliphatic heterocycles. The van der Waals surface area contributed by atoms with Crippen molar-refractivity contribution in [3.8, 4) is 5.75 Å². The Kier molecular flexibility index (Phi) is 4.66. The number of hydrogen-bond donors (Lipinski definition) is 2. The number of aliphatic carboxylic acids is 1. The van der Waals surface area contributed by atoms with E-state index in [2.05, 4.69) is 11.9 Å². The summed E-state index contributed by atoms with van der Waals surface area (Å²) in [5.41, 5.74) is 2.03. The first-order chi connectivity index (χ1) is 9.61. The molecule has 1 aromatic carbocycles. The first-order valence-corrected chi connectivity index (χ1v) is 7.07. The highest BCUT2D eigenvalue weighted by atomic mass is 16.5. The molecule has 1 aromatic heterocycles. The number of ether oxygens (including phenoxy) is 1. The van der Waals surface area contributed by atoms with Crippen LogP contribution in [-0.2, 0) is 11.2 Å². The molecule has 2 N–H and O–H groups in total. The molecule has 0 amide bonds. The van der Waals surface area contributed by atoms with Crippen LogP contribution in [0.25, 0.3) is 10.9 Å². The predicted molar refractivity (Wildman–Crippen MR) is 79.2 cm³/mol. The molecule has 4 nitrogen and oxygen atoms in total. The van der Waals surface area contributed by atoms with Crippen molar-refractivity contribution in [1.82, 2.24) is 4.98 Å². The Morgan fingerprint density at radius 1 is 1.45 bits per heavy atom. The van der Waals surface area contributed by atoms with Crippen LogP contribution in [0.15, 0.2) is 24.4 Å². The Labute approximate surface area is 118 Å². The number of aromatic amines is 1. The predicted octanol–water partition coefficient (Wildman–Crippen LogP) is 3.61. The van der Waals surface area contributed by atoms with E-state index in [1.54, 1.807) is 6.92 Å². The summed E-state index contributed by atoms with van der Waals surface area (Å²) in [5, 5.41) is 10.1. The van der Waals surface area contributed by atoms with Crippen LogP contribution >= 0.6 is 0 Å². The molecule has 0 bridgehead atoms. The largest absolute Gasteiger partial charge is 0.494 e. The third-order valence-electron chi connectivity index (χ3n) is 3.45. The summed E-state index contributed by atoms with van der Waals surface area (Å²) in [4.78, 5) is 14.1. The molecular formula is C16H21NO3. The second kappa shape index (κ2) is 6.46. The van der Waals surface area contributed by atoms with Crippen LogP contribution < -0.4 is 4.74 Å². The van der Waals surface area contributed by atoms with Gasteiger partial charge in [0.15, 0.2) is 0 Å². The molecule has 0 aliphatic carbocycles. The smallest absolute Gasteiger partial charge is 0.306 e. The van der Waals surface area contributed by atoms with Gasteiger partial charge in [-0.1, -0.05) is 20.3 Å². The number of aromatic nitrogens is 1. The molecule has 2 aromatic rings. The maximum atomic E-state index is 10.9. The zero-order valence-electron chi connectivity index (χ0n) is 12.0. The highest BCUT2D eigenvalue weighted by Crippen LogP contribution is 2.25. The van der Waals surface area contributed by atoms with Gasteiger partial charge < -0.3 is 14.8 Å². The van der Waals surface area contributed by atoms with Crippen LogP contribution in [-0.4, -0.2) is 22.7 Å². The van der Waals surface area contributed by atoms with Crippen molar-refractivity contribution in [1.29, 1.82) is 0 Å². The Bertz CT molecular complexity index is 588. The van der Waals surface area contributed by atoms with E-state index in [0.29, 0.717) is 6.42 Å². The second-order valence-electron chi connectivity index (χ2n) is 5.17. The Balaban J connectivity index is 2.14. The van der Waals surface area contributed by atoms with Gasteiger partial charge in [-0.2, -0.15) is 0 Å². The minimum atomic E-state index is -0.765. The number of H-pyrrole nitrogens is 1. The lowest BCUT2D eigenvalue weighted by Gasteiger charge is -2.06. The summed E-state index contributed by atoms with van der Waals surface area (Å²) >= 11 is 0. The van der Waals surface area contributed by atoms with E-state index in [4.69, 9.17) is 9.84 Å². The van der Waals surface area contributed by atoms with Gasteiger partial charge in [-0.3, -0.25) is 4.79 Å². The van der Waals surface area contributed by atoms with Gasteiger partial charge in [0, 0.05) is 23.2 Å². The van der Waals surface area contributed by atoms with Crippen LogP contribution in [0.2, 0.25) is 0 Å². The molecule has 108 valence electrons. The number of benzene rings is 1. The lowest BCUT2D eigenvalue weighted by atomic mass is 10.0. The number of hydrogen-bond acceptors (Lipinski definition) is 2. The van der Waals surface area contributed by atoms with Crippen LogP contribution in [0, 0.1) is 5.92 Å². The number of carboxylic acids is 1. The summed E-state index contributed by atoms with van der Waals surface area (Å²) < 4.78 is 5.67. The Morgan fingerprint density at radius 3 is 2.95 bits per heavy atom. The lowest BCUT2D eigenvalue weighted by molar-refractivity contribution is -0.141. The SMILES string of the molecule is CCCCOc1ccc2c(C[C@H](C)C(=O)O)c[nH]c2c1. The number of rotatable bonds is 7. The summed E-state index contributed by atoms with van der Waals surface area (Å²) in [5.74, 6) is -0.293. The van der Waals surface area contributed by atoms with Crippen LogP contribution in [0.4, 0.5) is 0 Å². The molecule has 0 aliphatic rings. The van der Waals surface area contributed by atoms with Gasteiger partial charge in [0.1, 0.15) is 5.75 Å². The molecule has 4 heteroatoms. The maximum Gasteiger partial charge on any atom is 0.306 e. The average molecular weight is 275 g/mol. The van der Waals surface area contributed by atoms with Crippen LogP contribution in [0.5, 0.6) is 5.75 Å².